The predicted molar refractivity (Wildman–Crippen MR) is 75.4 cm³/mol. The molecule has 0 saturated carbocycles. The van der Waals surface area contributed by atoms with Gasteiger partial charge in [0.25, 0.3) is 0 Å². The van der Waals surface area contributed by atoms with Crippen LogP contribution in [0.15, 0.2) is 12.2 Å². The van der Waals surface area contributed by atoms with E-state index in [-0.39, 0.29) is 0 Å². The molecule has 0 aromatic heterocycles. The molecule has 0 radical (unpaired) electrons. The Hall–Kier alpha value is -0.260. The van der Waals surface area contributed by atoms with Gasteiger partial charge in [-0.2, -0.15) is 0 Å². The van der Waals surface area contributed by atoms with E-state index >= 15 is 0 Å². The van der Waals surface area contributed by atoms with Crippen molar-refractivity contribution in [1.82, 2.24) is 0 Å². The lowest BCUT2D eigenvalue weighted by Gasteiger charge is -2.22. The van der Waals surface area contributed by atoms with Gasteiger partial charge in [-0.15, -0.1) is 0 Å². The summed E-state index contributed by atoms with van der Waals surface area (Å²) in [5, 5.41) is 0. The summed E-state index contributed by atoms with van der Waals surface area (Å²) in [5.41, 5.74) is 1.36. The SMILES string of the molecule is C=C(C)C(CCC)C(C)CC.CC.CC. The molecular formula is C15H34. The van der Waals surface area contributed by atoms with Crippen molar-refractivity contribution in [3.05, 3.63) is 12.2 Å². The van der Waals surface area contributed by atoms with Crippen LogP contribution < -0.4 is 0 Å². The molecule has 0 nitrogen and oxygen atoms in total. The van der Waals surface area contributed by atoms with Crippen LogP contribution in [0.5, 0.6) is 0 Å². The first-order valence-electron chi connectivity index (χ1n) is 6.78. The van der Waals surface area contributed by atoms with E-state index in [1.807, 2.05) is 27.7 Å². The van der Waals surface area contributed by atoms with Gasteiger partial charge in [-0.05, 0) is 25.2 Å². The minimum absolute atomic E-state index is 0.755. The lowest BCUT2D eigenvalue weighted by molar-refractivity contribution is 0.373. The van der Waals surface area contributed by atoms with E-state index in [0.717, 1.165) is 11.8 Å². The van der Waals surface area contributed by atoms with Gasteiger partial charge in [0.15, 0.2) is 0 Å². The van der Waals surface area contributed by atoms with Crippen LogP contribution in [0.4, 0.5) is 0 Å². The highest BCUT2D eigenvalue weighted by molar-refractivity contribution is 4.97. The lowest BCUT2D eigenvalue weighted by Crippen LogP contribution is -2.11. The summed E-state index contributed by atoms with van der Waals surface area (Å²) in [4.78, 5) is 0. The van der Waals surface area contributed by atoms with E-state index in [4.69, 9.17) is 0 Å². The van der Waals surface area contributed by atoms with E-state index in [0.29, 0.717) is 0 Å². The largest absolute Gasteiger partial charge is 0.0999 e. The molecule has 2 atom stereocenters. The topological polar surface area (TPSA) is 0 Å². The monoisotopic (exact) mass is 214 g/mol. The van der Waals surface area contributed by atoms with Crippen LogP contribution in [0.1, 0.15) is 74.7 Å². The fourth-order valence-electron chi connectivity index (χ4n) is 1.61. The van der Waals surface area contributed by atoms with Gasteiger partial charge in [-0.25, -0.2) is 0 Å². The minimum Gasteiger partial charge on any atom is -0.0999 e. The molecule has 0 aliphatic heterocycles. The zero-order valence-electron chi connectivity index (χ0n) is 12.5. The molecule has 0 heterocycles. The van der Waals surface area contributed by atoms with Gasteiger partial charge in [0, 0.05) is 0 Å². The van der Waals surface area contributed by atoms with Crippen molar-refractivity contribution in [2.75, 3.05) is 0 Å². The summed E-state index contributed by atoms with van der Waals surface area (Å²) < 4.78 is 0. The van der Waals surface area contributed by atoms with E-state index in [2.05, 4.69) is 34.3 Å². The van der Waals surface area contributed by atoms with Crippen molar-refractivity contribution in [2.45, 2.75) is 74.7 Å². The van der Waals surface area contributed by atoms with Crippen LogP contribution in [-0.2, 0) is 0 Å². The normalized spacial score (nSPS) is 12.5. The quantitative estimate of drug-likeness (QED) is 0.487. The summed E-state index contributed by atoms with van der Waals surface area (Å²) in [6.07, 6.45) is 3.86. The minimum atomic E-state index is 0.755. The third kappa shape index (κ3) is 11.7. The van der Waals surface area contributed by atoms with Crippen molar-refractivity contribution >= 4 is 0 Å². The second-order valence-corrected chi connectivity index (χ2v) is 3.63. The third-order valence-electron chi connectivity index (χ3n) is 2.56. The summed E-state index contributed by atoms with van der Waals surface area (Å²) >= 11 is 0. The van der Waals surface area contributed by atoms with Gasteiger partial charge in [-0.3, -0.25) is 0 Å². The number of hydrogen-bond donors (Lipinski definition) is 0. The highest BCUT2D eigenvalue weighted by atomic mass is 14.2. The van der Waals surface area contributed by atoms with Crippen LogP contribution in [0.25, 0.3) is 0 Å². The van der Waals surface area contributed by atoms with Crippen LogP contribution >= 0.6 is 0 Å². The van der Waals surface area contributed by atoms with Gasteiger partial charge < -0.3 is 0 Å². The predicted octanol–water partition coefficient (Wildman–Crippen LogP) is 6.08. The second kappa shape index (κ2) is 16.2. The molecule has 94 valence electrons. The molecule has 15 heavy (non-hydrogen) atoms. The fourth-order valence-corrected chi connectivity index (χ4v) is 1.61. The number of allylic oxidation sites excluding steroid dienone is 1. The molecule has 0 rings (SSSR count). The highest BCUT2D eigenvalue weighted by Gasteiger charge is 2.14. The fraction of sp³-hybridized carbons (Fsp3) is 0.867. The molecule has 2 unspecified atom stereocenters. The number of hydrogen-bond acceptors (Lipinski definition) is 0. The molecule has 0 saturated heterocycles. The smallest absolute Gasteiger partial charge is 0.0183 e. The van der Waals surface area contributed by atoms with Crippen molar-refractivity contribution < 1.29 is 0 Å². The molecule has 0 aromatic carbocycles. The molecule has 0 amide bonds. The molecule has 0 aliphatic rings. The van der Waals surface area contributed by atoms with E-state index in [1.54, 1.807) is 0 Å². The Bertz CT molecular complexity index is 113. The summed E-state index contributed by atoms with van der Waals surface area (Å²) in [6.45, 7) is 21.0. The Kier molecular flexibility index (Phi) is 21.8. The van der Waals surface area contributed by atoms with Crippen molar-refractivity contribution in [1.29, 1.82) is 0 Å². The highest BCUT2D eigenvalue weighted by Crippen LogP contribution is 2.26. The van der Waals surface area contributed by atoms with Crippen LogP contribution in [-0.4, -0.2) is 0 Å². The summed E-state index contributed by atoms with van der Waals surface area (Å²) in [6, 6.07) is 0. The average molecular weight is 214 g/mol. The molecular weight excluding hydrogens is 180 g/mol. The molecule has 0 aliphatic carbocycles. The molecule has 0 bridgehead atoms. The maximum atomic E-state index is 4.04. The second-order valence-electron chi connectivity index (χ2n) is 3.63. The Balaban J connectivity index is -0.000000318. The van der Waals surface area contributed by atoms with Crippen molar-refractivity contribution in [3.63, 3.8) is 0 Å². The zero-order chi connectivity index (χ0) is 12.9. The van der Waals surface area contributed by atoms with Gasteiger partial charge in [-0.1, -0.05) is 73.5 Å². The van der Waals surface area contributed by atoms with E-state index in [9.17, 15) is 0 Å². The van der Waals surface area contributed by atoms with E-state index in [1.165, 1.54) is 24.8 Å². The zero-order valence-corrected chi connectivity index (χ0v) is 12.5. The first-order chi connectivity index (χ1) is 7.13. The maximum Gasteiger partial charge on any atom is -0.0183 e. The summed E-state index contributed by atoms with van der Waals surface area (Å²) in [5.74, 6) is 1.57. The Morgan fingerprint density at radius 2 is 1.47 bits per heavy atom. The molecule has 0 fully saturated rings. The molecule has 0 spiro atoms. The van der Waals surface area contributed by atoms with Gasteiger partial charge >= 0.3 is 0 Å². The van der Waals surface area contributed by atoms with Crippen LogP contribution in [0, 0.1) is 11.8 Å². The van der Waals surface area contributed by atoms with Crippen molar-refractivity contribution in [3.8, 4) is 0 Å². The van der Waals surface area contributed by atoms with Gasteiger partial charge in [0.2, 0.25) is 0 Å². The first-order valence-corrected chi connectivity index (χ1v) is 6.78. The average Bonchev–Trinajstić information content (AvgIpc) is 2.30. The Morgan fingerprint density at radius 1 is 1.07 bits per heavy atom. The first kappa shape index (κ1) is 20.2. The van der Waals surface area contributed by atoms with Crippen LogP contribution in [0.3, 0.4) is 0 Å². The lowest BCUT2D eigenvalue weighted by atomic mass is 9.83. The maximum absolute atomic E-state index is 4.04. The third-order valence-corrected chi connectivity index (χ3v) is 2.56. The Morgan fingerprint density at radius 3 is 1.67 bits per heavy atom. The van der Waals surface area contributed by atoms with Crippen molar-refractivity contribution in [2.24, 2.45) is 11.8 Å². The van der Waals surface area contributed by atoms with Crippen LogP contribution in [0.2, 0.25) is 0 Å². The number of rotatable bonds is 5. The Labute approximate surface area is 99.2 Å². The standard InChI is InChI=1S/C11H22.2C2H6/c1-6-8-11(9(3)4)10(5)7-2;2*1-2/h10-11H,3,6-8H2,1-2,4-5H3;2*1-2H3. The molecule has 0 heteroatoms. The van der Waals surface area contributed by atoms with E-state index < -0.39 is 0 Å². The summed E-state index contributed by atoms with van der Waals surface area (Å²) in [7, 11) is 0. The molecule has 0 aromatic rings. The molecule has 0 N–H and O–H groups in total. The van der Waals surface area contributed by atoms with Gasteiger partial charge in [0.05, 0.1) is 0 Å². The van der Waals surface area contributed by atoms with Gasteiger partial charge in [0.1, 0.15) is 0 Å².